The van der Waals surface area contributed by atoms with Crippen molar-refractivity contribution in [2.75, 3.05) is 13.2 Å². The SMILES string of the molecule is CC(C)(C)ONCC(O)CO. The van der Waals surface area contributed by atoms with E-state index in [1.807, 2.05) is 20.8 Å². The van der Waals surface area contributed by atoms with E-state index in [2.05, 4.69) is 5.48 Å². The van der Waals surface area contributed by atoms with Gasteiger partial charge in [0, 0.05) is 6.54 Å². The van der Waals surface area contributed by atoms with Gasteiger partial charge in [-0.25, -0.2) is 0 Å². The summed E-state index contributed by atoms with van der Waals surface area (Å²) in [7, 11) is 0. The third-order valence-electron chi connectivity index (χ3n) is 0.908. The van der Waals surface area contributed by atoms with Gasteiger partial charge in [0.25, 0.3) is 0 Å². The molecular formula is C7H17NO3. The van der Waals surface area contributed by atoms with Gasteiger partial charge in [-0.2, -0.15) is 5.48 Å². The first kappa shape index (κ1) is 10.8. The average molecular weight is 163 g/mol. The van der Waals surface area contributed by atoms with Crippen molar-refractivity contribution >= 4 is 0 Å². The fourth-order valence-electron chi connectivity index (χ4n) is 0.419. The lowest BCUT2D eigenvalue weighted by Gasteiger charge is -2.20. The summed E-state index contributed by atoms with van der Waals surface area (Å²) in [5, 5.41) is 17.3. The van der Waals surface area contributed by atoms with Gasteiger partial charge >= 0.3 is 0 Å². The number of aliphatic hydroxyl groups excluding tert-OH is 2. The van der Waals surface area contributed by atoms with Gasteiger partial charge in [0.2, 0.25) is 0 Å². The molecule has 1 atom stereocenters. The van der Waals surface area contributed by atoms with E-state index in [1.165, 1.54) is 0 Å². The molecular weight excluding hydrogens is 146 g/mol. The summed E-state index contributed by atoms with van der Waals surface area (Å²) < 4.78 is 0. The van der Waals surface area contributed by atoms with Crippen molar-refractivity contribution in [3.05, 3.63) is 0 Å². The average Bonchev–Trinajstić information content (AvgIpc) is 1.85. The number of hydroxylamine groups is 1. The maximum atomic E-state index is 8.86. The lowest BCUT2D eigenvalue weighted by Crippen LogP contribution is -2.35. The number of nitrogens with one attached hydrogen (secondary N) is 1. The van der Waals surface area contributed by atoms with Crippen LogP contribution in [0.4, 0.5) is 0 Å². The summed E-state index contributed by atoms with van der Waals surface area (Å²) in [5.74, 6) is 0. The highest BCUT2D eigenvalue weighted by Gasteiger charge is 2.10. The number of hydrogen-bond acceptors (Lipinski definition) is 4. The molecule has 0 aliphatic heterocycles. The Balaban J connectivity index is 3.28. The Morgan fingerprint density at radius 1 is 1.45 bits per heavy atom. The Morgan fingerprint density at radius 3 is 2.36 bits per heavy atom. The van der Waals surface area contributed by atoms with E-state index in [0.717, 1.165) is 0 Å². The van der Waals surface area contributed by atoms with Gasteiger partial charge in [-0.05, 0) is 20.8 Å². The Labute approximate surface area is 67.1 Å². The first-order chi connectivity index (χ1) is 4.95. The van der Waals surface area contributed by atoms with E-state index >= 15 is 0 Å². The van der Waals surface area contributed by atoms with Crippen LogP contribution in [0.5, 0.6) is 0 Å². The highest BCUT2D eigenvalue weighted by Crippen LogP contribution is 2.02. The van der Waals surface area contributed by atoms with Gasteiger partial charge in [-0.3, -0.25) is 4.84 Å². The minimum atomic E-state index is -0.752. The minimum Gasteiger partial charge on any atom is -0.394 e. The summed E-state index contributed by atoms with van der Waals surface area (Å²) in [4.78, 5) is 5.08. The molecule has 0 aromatic heterocycles. The molecule has 0 fully saturated rings. The Hall–Kier alpha value is -0.160. The maximum Gasteiger partial charge on any atom is 0.0918 e. The zero-order valence-corrected chi connectivity index (χ0v) is 7.29. The molecule has 0 heterocycles. The van der Waals surface area contributed by atoms with Crippen molar-refractivity contribution in [1.29, 1.82) is 0 Å². The van der Waals surface area contributed by atoms with Gasteiger partial charge < -0.3 is 10.2 Å². The summed E-state index contributed by atoms with van der Waals surface area (Å²) >= 11 is 0. The Kier molecular flexibility index (Phi) is 4.60. The summed E-state index contributed by atoms with van der Waals surface area (Å²) in [6.07, 6.45) is -0.752. The smallest absolute Gasteiger partial charge is 0.0918 e. The number of hydrogen-bond donors (Lipinski definition) is 3. The Morgan fingerprint density at radius 2 is 2.00 bits per heavy atom. The summed E-state index contributed by atoms with van der Waals surface area (Å²) in [5.41, 5.74) is 2.30. The molecule has 4 heteroatoms. The van der Waals surface area contributed by atoms with Crippen LogP contribution in [0.1, 0.15) is 20.8 Å². The van der Waals surface area contributed by atoms with Gasteiger partial charge in [-0.15, -0.1) is 0 Å². The van der Waals surface area contributed by atoms with Gasteiger partial charge in [-0.1, -0.05) is 0 Å². The molecule has 0 radical (unpaired) electrons. The summed E-state index contributed by atoms with van der Waals surface area (Å²) in [6, 6.07) is 0. The molecule has 0 aliphatic carbocycles. The lowest BCUT2D eigenvalue weighted by molar-refractivity contribution is -0.0865. The van der Waals surface area contributed by atoms with Crippen molar-refractivity contribution in [1.82, 2.24) is 5.48 Å². The van der Waals surface area contributed by atoms with Crippen LogP contribution < -0.4 is 5.48 Å². The molecule has 4 nitrogen and oxygen atoms in total. The van der Waals surface area contributed by atoms with Crippen molar-refractivity contribution < 1.29 is 15.1 Å². The minimum absolute atomic E-state index is 0.244. The fraction of sp³-hybridized carbons (Fsp3) is 1.00. The zero-order chi connectivity index (χ0) is 8.91. The van der Waals surface area contributed by atoms with Gasteiger partial charge in [0.15, 0.2) is 0 Å². The molecule has 1 unspecified atom stereocenters. The summed E-state index contributed by atoms with van der Waals surface area (Å²) in [6.45, 7) is 5.68. The van der Waals surface area contributed by atoms with Gasteiger partial charge in [0.05, 0.1) is 18.3 Å². The number of rotatable bonds is 4. The first-order valence-corrected chi connectivity index (χ1v) is 3.65. The zero-order valence-electron chi connectivity index (χ0n) is 7.29. The van der Waals surface area contributed by atoms with Crippen LogP contribution in [0, 0.1) is 0 Å². The molecule has 11 heavy (non-hydrogen) atoms. The molecule has 0 amide bonds. The molecule has 0 aliphatic rings. The second-order valence-electron chi connectivity index (χ2n) is 3.40. The predicted octanol–water partition coefficient (Wildman–Crippen LogP) is -0.341. The molecule has 0 bridgehead atoms. The van der Waals surface area contributed by atoms with E-state index < -0.39 is 6.10 Å². The third-order valence-corrected chi connectivity index (χ3v) is 0.908. The van der Waals surface area contributed by atoms with Crippen LogP contribution in [0.15, 0.2) is 0 Å². The molecule has 0 rings (SSSR count). The Bertz CT molecular complexity index is 100. The highest BCUT2D eigenvalue weighted by molar-refractivity contribution is 4.58. The molecule has 68 valence electrons. The van der Waals surface area contributed by atoms with Crippen molar-refractivity contribution in [2.24, 2.45) is 0 Å². The van der Waals surface area contributed by atoms with Crippen molar-refractivity contribution in [3.8, 4) is 0 Å². The van der Waals surface area contributed by atoms with Crippen LogP contribution in [-0.2, 0) is 4.84 Å². The third kappa shape index (κ3) is 7.74. The largest absolute Gasteiger partial charge is 0.394 e. The first-order valence-electron chi connectivity index (χ1n) is 3.65. The topological polar surface area (TPSA) is 61.7 Å². The van der Waals surface area contributed by atoms with E-state index in [0.29, 0.717) is 0 Å². The highest BCUT2D eigenvalue weighted by atomic mass is 16.7. The van der Waals surface area contributed by atoms with Gasteiger partial charge in [0.1, 0.15) is 0 Å². The van der Waals surface area contributed by atoms with Crippen LogP contribution >= 0.6 is 0 Å². The van der Waals surface area contributed by atoms with Crippen molar-refractivity contribution in [3.63, 3.8) is 0 Å². The monoisotopic (exact) mass is 163 g/mol. The molecule has 0 spiro atoms. The second kappa shape index (κ2) is 4.66. The molecule has 0 saturated carbocycles. The number of aliphatic hydroxyl groups is 2. The normalized spacial score (nSPS) is 15.0. The molecule has 0 aromatic rings. The molecule has 0 saturated heterocycles. The van der Waals surface area contributed by atoms with Crippen LogP contribution in [0.25, 0.3) is 0 Å². The van der Waals surface area contributed by atoms with Crippen molar-refractivity contribution in [2.45, 2.75) is 32.5 Å². The van der Waals surface area contributed by atoms with E-state index in [-0.39, 0.29) is 18.8 Å². The molecule has 3 N–H and O–H groups in total. The van der Waals surface area contributed by atoms with Crippen LogP contribution in [-0.4, -0.2) is 35.1 Å². The van der Waals surface area contributed by atoms with E-state index in [9.17, 15) is 0 Å². The van der Waals surface area contributed by atoms with E-state index in [1.54, 1.807) is 0 Å². The quantitative estimate of drug-likeness (QED) is 0.496. The van der Waals surface area contributed by atoms with Crippen LogP contribution in [0.3, 0.4) is 0 Å². The molecule has 0 aromatic carbocycles. The van der Waals surface area contributed by atoms with E-state index in [4.69, 9.17) is 15.1 Å². The van der Waals surface area contributed by atoms with Crippen LogP contribution in [0.2, 0.25) is 0 Å². The maximum absolute atomic E-state index is 8.86. The lowest BCUT2D eigenvalue weighted by atomic mass is 10.2. The standard InChI is InChI=1S/C7H17NO3/c1-7(2,3)11-8-4-6(10)5-9/h6,8-10H,4-5H2,1-3H3. The predicted molar refractivity (Wildman–Crippen MR) is 41.9 cm³/mol. The fourth-order valence-corrected chi connectivity index (χ4v) is 0.419. The second-order valence-corrected chi connectivity index (χ2v) is 3.40.